The molecule has 0 bridgehead atoms. The van der Waals surface area contributed by atoms with E-state index >= 15 is 0 Å². The Kier molecular flexibility index (Phi) is 6.78. The van der Waals surface area contributed by atoms with Crippen molar-refractivity contribution in [3.8, 4) is 0 Å². The van der Waals surface area contributed by atoms with Gasteiger partial charge < -0.3 is 14.4 Å². The van der Waals surface area contributed by atoms with Gasteiger partial charge in [0, 0.05) is 24.3 Å². The van der Waals surface area contributed by atoms with Crippen LogP contribution < -0.4 is 4.90 Å². The topological polar surface area (TPSA) is 101 Å². The Morgan fingerprint density at radius 2 is 1.70 bits per heavy atom. The summed E-state index contributed by atoms with van der Waals surface area (Å²) in [7, 11) is -1.79. The molecule has 8 nitrogen and oxygen atoms in total. The number of amides is 2. The predicted octanol–water partition coefficient (Wildman–Crippen LogP) is 2.92. The van der Waals surface area contributed by atoms with Crippen LogP contribution in [0.4, 0.5) is 5.00 Å². The molecule has 3 unspecified atom stereocenters. The number of fused-ring (bicyclic) bond motifs is 1. The zero-order chi connectivity index (χ0) is 26.2. The zero-order valence-corrected chi connectivity index (χ0v) is 21.5. The van der Waals surface area contributed by atoms with Gasteiger partial charge in [-0.05, 0) is 28.6 Å². The van der Waals surface area contributed by atoms with E-state index in [-0.39, 0.29) is 18.2 Å². The molecule has 3 aromatic rings. The van der Waals surface area contributed by atoms with Gasteiger partial charge in [0.1, 0.15) is 17.7 Å². The van der Waals surface area contributed by atoms with E-state index in [1.54, 1.807) is 17.5 Å². The van der Waals surface area contributed by atoms with Crippen molar-refractivity contribution in [3.05, 3.63) is 89.3 Å². The largest absolute Gasteiger partial charge is 0.452 e. The van der Waals surface area contributed by atoms with Gasteiger partial charge in [0.25, 0.3) is 0 Å². The van der Waals surface area contributed by atoms with Crippen molar-refractivity contribution in [2.75, 3.05) is 17.2 Å². The number of β-lactam (4-membered cyclic amide) rings is 1. The minimum absolute atomic E-state index is 0.256. The number of carbonyl (C=O) groups excluding carboxylic acids is 4. The van der Waals surface area contributed by atoms with Crippen molar-refractivity contribution in [1.29, 1.82) is 0 Å². The summed E-state index contributed by atoms with van der Waals surface area (Å²) in [6.45, 7) is 1.09. The van der Waals surface area contributed by atoms with Crippen molar-refractivity contribution < 1.29 is 28.1 Å². The second kappa shape index (κ2) is 10.0. The number of hydrogen-bond acceptors (Lipinski definition) is 7. The van der Waals surface area contributed by atoms with E-state index in [4.69, 9.17) is 4.74 Å². The molecule has 3 heterocycles. The molecule has 2 aliphatic heterocycles. The predicted molar refractivity (Wildman–Crippen MR) is 139 cm³/mol. The fourth-order valence-corrected chi connectivity index (χ4v) is 7.59. The molecule has 0 spiro atoms. The fourth-order valence-electron chi connectivity index (χ4n) is 4.83. The molecule has 2 aliphatic rings. The first-order valence-electron chi connectivity index (χ1n) is 11.6. The molecular weight excluding hydrogens is 512 g/mol. The molecule has 2 fully saturated rings. The lowest BCUT2D eigenvalue weighted by molar-refractivity contribution is -0.165. The van der Waals surface area contributed by atoms with E-state index in [1.165, 1.54) is 28.1 Å². The van der Waals surface area contributed by atoms with Crippen molar-refractivity contribution in [1.82, 2.24) is 4.90 Å². The van der Waals surface area contributed by atoms with Gasteiger partial charge in [-0.2, -0.15) is 0 Å². The molecule has 5 rings (SSSR count). The lowest BCUT2D eigenvalue weighted by Gasteiger charge is -2.54. The van der Waals surface area contributed by atoms with Crippen LogP contribution in [0.3, 0.4) is 0 Å². The van der Waals surface area contributed by atoms with Crippen LogP contribution in [0.5, 0.6) is 0 Å². The number of aldehydes is 1. The number of ether oxygens (including phenoxy) is 1. The van der Waals surface area contributed by atoms with Crippen LogP contribution in [0.15, 0.2) is 78.2 Å². The first kappa shape index (κ1) is 25.0. The molecule has 0 saturated carbocycles. The van der Waals surface area contributed by atoms with Crippen LogP contribution in [0.2, 0.25) is 0 Å². The highest BCUT2D eigenvalue weighted by atomic mass is 32.2. The van der Waals surface area contributed by atoms with E-state index in [2.05, 4.69) is 0 Å². The Hall–Kier alpha value is -3.63. The monoisotopic (exact) mass is 536 g/mol. The molecule has 0 N–H and O–H groups in total. The normalized spacial score (nSPS) is 24.6. The van der Waals surface area contributed by atoms with Crippen LogP contribution in [-0.4, -0.2) is 56.9 Å². The summed E-state index contributed by atoms with van der Waals surface area (Å²) in [6.07, 6.45) is -0.344. The van der Waals surface area contributed by atoms with Gasteiger partial charge in [-0.1, -0.05) is 60.7 Å². The number of hydrogen-bond donors (Lipinski definition) is 0. The summed E-state index contributed by atoms with van der Waals surface area (Å²) in [5.41, 5.74) is -0.356. The lowest BCUT2D eigenvalue weighted by atomic mass is 9.88. The van der Waals surface area contributed by atoms with E-state index in [1.807, 2.05) is 60.7 Å². The van der Waals surface area contributed by atoms with Gasteiger partial charge in [0.05, 0.1) is 10.8 Å². The molecular formula is C27H24N2O6S2. The van der Waals surface area contributed by atoms with Gasteiger partial charge in [0.2, 0.25) is 11.8 Å². The molecule has 2 amide bonds. The maximum atomic E-state index is 13.6. The molecule has 37 heavy (non-hydrogen) atoms. The highest BCUT2D eigenvalue weighted by molar-refractivity contribution is 7.86. The molecule has 1 aromatic heterocycles. The van der Waals surface area contributed by atoms with Crippen LogP contribution in [0.1, 0.15) is 24.2 Å². The van der Waals surface area contributed by atoms with Gasteiger partial charge in [0.15, 0.2) is 11.5 Å². The first-order chi connectivity index (χ1) is 17.9. The van der Waals surface area contributed by atoms with E-state index < -0.39 is 45.6 Å². The third-order valence-corrected chi connectivity index (χ3v) is 9.38. The summed E-state index contributed by atoms with van der Waals surface area (Å²) in [5.74, 6) is -1.95. The molecule has 2 saturated heterocycles. The first-order valence-corrected chi connectivity index (χ1v) is 13.9. The second-order valence-corrected chi connectivity index (χ2v) is 11.5. The Morgan fingerprint density at radius 1 is 1.08 bits per heavy atom. The quantitative estimate of drug-likeness (QED) is 0.199. The summed E-state index contributed by atoms with van der Waals surface area (Å²) in [6, 6.07) is 20.8. The number of anilines is 1. The zero-order valence-electron chi connectivity index (χ0n) is 19.9. The Bertz CT molecular complexity index is 1310. The van der Waals surface area contributed by atoms with Crippen LogP contribution in [0, 0.1) is 5.41 Å². The molecule has 0 radical (unpaired) electrons. The molecule has 10 heteroatoms. The van der Waals surface area contributed by atoms with Gasteiger partial charge >= 0.3 is 5.97 Å². The number of rotatable bonds is 7. The summed E-state index contributed by atoms with van der Waals surface area (Å²) in [5, 5.41) is 1.55. The Balaban J connectivity index is 1.41. The highest BCUT2D eigenvalue weighted by Crippen LogP contribution is 2.41. The number of esters is 1. The average Bonchev–Trinajstić information content (AvgIpc) is 3.45. The minimum atomic E-state index is -1.79. The third-order valence-electron chi connectivity index (χ3n) is 6.66. The number of carbonyl (C=O) groups is 4. The van der Waals surface area contributed by atoms with Crippen LogP contribution in [-0.2, 0) is 34.7 Å². The number of benzene rings is 2. The van der Waals surface area contributed by atoms with Crippen molar-refractivity contribution in [2.24, 2.45) is 5.41 Å². The van der Waals surface area contributed by atoms with E-state index in [0.29, 0.717) is 22.4 Å². The SMILES string of the molecule is CC(=O)N(c1cccs1)C1C(=O)N2CC(C=O)(C(=O)OC(c3ccccc3)c3ccccc3)CS(=O)[C@H]12. The number of thiophene rings is 1. The van der Waals surface area contributed by atoms with E-state index in [9.17, 15) is 23.4 Å². The molecule has 190 valence electrons. The van der Waals surface area contributed by atoms with Crippen molar-refractivity contribution in [2.45, 2.75) is 24.4 Å². The second-order valence-electron chi connectivity index (χ2n) is 9.05. The standard InChI is InChI=1S/C27H24N2O6S2/c1-18(31)29(21-13-8-14-36-21)22-24(32)28-15-27(16-30,17-37(34)25(22)28)26(33)35-23(19-9-4-2-5-10-19)20-11-6-3-7-12-20/h2-14,16,22-23,25H,15,17H2,1H3/t22?,25-,27?,37?/m1/s1. The molecule has 2 aromatic carbocycles. The molecule has 4 atom stereocenters. The maximum absolute atomic E-state index is 13.6. The fraction of sp³-hybridized carbons (Fsp3) is 0.259. The Labute approximate surface area is 220 Å². The highest BCUT2D eigenvalue weighted by Gasteiger charge is 2.63. The van der Waals surface area contributed by atoms with Gasteiger partial charge in [-0.15, -0.1) is 11.3 Å². The van der Waals surface area contributed by atoms with Crippen LogP contribution in [0.25, 0.3) is 0 Å². The smallest absolute Gasteiger partial charge is 0.323 e. The summed E-state index contributed by atoms with van der Waals surface area (Å²) < 4.78 is 19.3. The lowest BCUT2D eigenvalue weighted by Crippen LogP contribution is -2.77. The number of nitrogens with zero attached hydrogens (tertiary/aromatic N) is 2. The summed E-state index contributed by atoms with van der Waals surface area (Å²) in [4.78, 5) is 54.2. The van der Waals surface area contributed by atoms with Crippen molar-refractivity contribution in [3.63, 3.8) is 0 Å². The van der Waals surface area contributed by atoms with E-state index in [0.717, 1.165) is 0 Å². The average molecular weight is 537 g/mol. The maximum Gasteiger partial charge on any atom is 0.323 e. The molecule has 0 aliphatic carbocycles. The van der Waals surface area contributed by atoms with Gasteiger partial charge in [-0.25, -0.2) is 0 Å². The minimum Gasteiger partial charge on any atom is -0.452 e. The van der Waals surface area contributed by atoms with Crippen molar-refractivity contribution >= 4 is 51.2 Å². The summed E-state index contributed by atoms with van der Waals surface area (Å²) >= 11 is 1.30. The third kappa shape index (κ3) is 4.40. The van der Waals surface area contributed by atoms with Crippen LogP contribution >= 0.6 is 11.3 Å². The Morgan fingerprint density at radius 3 is 2.22 bits per heavy atom. The van der Waals surface area contributed by atoms with Gasteiger partial charge in [-0.3, -0.25) is 23.5 Å².